The Morgan fingerprint density at radius 3 is 2.33 bits per heavy atom. The zero-order chi connectivity index (χ0) is 15.6. The Labute approximate surface area is 139 Å². The summed E-state index contributed by atoms with van der Waals surface area (Å²) in [5.74, 6) is -0.251. The Morgan fingerprint density at radius 1 is 1.14 bits per heavy atom. The molecule has 112 valence electrons. The van der Waals surface area contributed by atoms with Crippen LogP contribution in [0.3, 0.4) is 0 Å². The second-order valence-corrected chi connectivity index (χ2v) is 7.24. The summed E-state index contributed by atoms with van der Waals surface area (Å²) in [5, 5.41) is 0.541. The fourth-order valence-corrected chi connectivity index (χ4v) is 3.03. The van der Waals surface area contributed by atoms with E-state index in [9.17, 15) is 4.39 Å². The SMILES string of the molecule is CCC(C)(C)c1ccc(C(Br)c2cc(Cl)ccc2F)cc1. The lowest BCUT2D eigenvalue weighted by Gasteiger charge is -2.24. The van der Waals surface area contributed by atoms with E-state index >= 15 is 0 Å². The Kier molecular flexibility index (Phi) is 5.11. The lowest BCUT2D eigenvalue weighted by molar-refractivity contribution is 0.506. The normalized spacial score (nSPS) is 13.2. The first kappa shape index (κ1) is 16.5. The van der Waals surface area contributed by atoms with Crippen molar-refractivity contribution in [3.8, 4) is 0 Å². The van der Waals surface area contributed by atoms with Crippen molar-refractivity contribution in [1.29, 1.82) is 0 Å². The highest BCUT2D eigenvalue weighted by Gasteiger charge is 2.19. The van der Waals surface area contributed by atoms with E-state index in [4.69, 9.17) is 11.6 Å². The van der Waals surface area contributed by atoms with Gasteiger partial charge in [0.15, 0.2) is 0 Å². The topological polar surface area (TPSA) is 0 Å². The van der Waals surface area contributed by atoms with Crippen LogP contribution in [-0.4, -0.2) is 0 Å². The third kappa shape index (κ3) is 3.67. The second-order valence-electron chi connectivity index (χ2n) is 5.89. The van der Waals surface area contributed by atoms with Crippen LogP contribution in [0, 0.1) is 5.82 Å². The predicted octanol–water partition coefficient (Wildman–Crippen LogP) is 6.65. The fourth-order valence-electron chi connectivity index (χ4n) is 2.20. The third-order valence-electron chi connectivity index (χ3n) is 4.10. The molecule has 0 aliphatic rings. The first-order valence-electron chi connectivity index (χ1n) is 7.04. The van der Waals surface area contributed by atoms with E-state index in [1.165, 1.54) is 11.6 Å². The highest BCUT2D eigenvalue weighted by molar-refractivity contribution is 9.09. The van der Waals surface area contributed by atoms with Crippen molar-refractivity contribution in [2.45, 2.75) is 37.4 Å². The number of benzene rings is 2. The molecular weight excluding hydrogens is 351 g/mol. The number of rotatable bonds is 4. The third-order valence-corrected chi connectivity index (χ3v) is 5.36. The Balaban J connectivity index is 2.32. The number of hydrogen-bond donors (Lipinski definition) is 0. The van der Waals surface area contributed by atoms with Crippen LogP contribution in [0.2, 0.25) is 5.02 Å². The minimum absolute atomic E-state index is 0.154. The van der Waals surface area contributed by atoms with Crippen LogP contribution in [0.1, 0.15) is 48.7 Å². The summed E-state index contributed by atoms with van der Waals surface area (Å²) in [7, 11) is 0. The van der Waals surface area contributed by atoms with E-state index in [1.54, 1.807) is 12.1 Å². The minimum atomic E-state index is -0.251. The maximum absolute atomic E-state index is 13.9. The first-order chi connectivity index (χ1) is 9.85. The van der Waals surface area contributed by atoms with Gasteiger partial charge in [-0.15, -0.1) is 0 Å². The molecule has 2 aromatic rings. The van der Waals surface area contributed by atoms with Crippen molar-refractivity contribution in [2.75, 3.05) is 0 Å². The van der Waals surface area contributed by atoms with Crippen LogP contribution in [0.4, 0.5) is 4.39 Å². The molecule has 21 heavy (non-hydrogen) atoms. The molecule has 0 aliphatic carbocycles. The average molecular weight is 370 g/mol. The molecule has 0 bridgehead atoms. The van der Waals surface area contributed by atoms with Crippen molar-refractivity contribution in [3.63, 3.8) is 0 Å². The standard InChI is InChI=1S/C18H19BrClF/c1-4-18(2,3)13-7-5-12(6-8-13)17(19)15-11-14(20)9-10-16(15)21/h5-11,17H,4H2,1-3H3. The zero-order valence-corrected chi connectivity index (χ0v) is 14.8. The molecule has 0 saturated carbocycles. The lowest BCUT2D eigenvalue weighted by Crippen LogP contribution is -2.15. The molecule has 0 heterocycles. The van der Waals surface area contributed by atoms with Crippen LogP contribution < -0.4 is 0 Å². The van der Waals surface area contributed by atoms with Gasteiger partial charge in [0.05, 0.1) is 4.83 Å². The summed E-state index contributed by atoms with van der Waals surface area (Å²) < 4.78 is 13.9. The van der Waals surface area contributed by atoms with Gasteiger partial charge in [-0.05, 0) is 41.2 Å². The van der Waals surface area contributed by atoms with Gasteiger partial charge >= 0.3 is 0 Å². The molecule has 0 amide bonds. The van der Waals surface area contributed by atoms with Gasteiger partial charge in [-0.25, -0.2) is 4.39 Å². The van der Waals surface area contributed by atoms with Crippen molar-refractivity contribution in [2.24, 2.45) is 0 Å². The highest BCUT2D eigenvalue weighted by Crippen LogP contribution is 2.35. The molecule has 0 fully saturated rings. The van der Waals surface area contributed by atoms with Crippen LogP contribution >= 0.6 is 27.5 Å². The molecule has 2 rings (SSSR count). The molecule has 3 heteroatoms. The van der Waals surface area contributed by atoms with Gasteiger partial charge in [-0.3, -0.25) is 0 Å². The molecule has 1 unspecified atom stereocenters. The van der Waals surface area contributed by atoms with Gasteiger partial charge in [-0.1, -0.05) is 72.6 Å². The largest absolute Gasteiger partial charge is 0.207 e. The molecule has 0 aliphatic heterocycles. The van der Waals surface area contributed by atoms with Gasteiger partial charge in [0.25, 0.3) is 0 Å². The van der Waals surface area contributed by atoms with E-state index in [-0.39, 0.29) is 16.1 Å². The highest BCUT2D eigenvalue weighted by atomic mass is 79.9. The average Bonchev–Trinajstić information content (AvgIpc) is 2.49. The summed E-state index contributed by atoms with van der Waals surface area (Å²) in [6, 6.07) is 13.0. The maximum Gasteiger partial charge on any atom is 0.127 e. The van der Waals surface area contributed by atoms with Crippen molar-refractivity contribution >= 4 is 27.5 Å². The zero-order valence-electron chi connectivity index (χ0n) is 12.5. The molecule has 0 radical (unpaired) electrons. The first-order valence-corrected chi connectivity index (χ1v) is 8.34. The van der Waals surface area contributed by atoms with E-state index in [0.29, 0.717) is 10.6 Å². The van der Waals surface area contributed by atoms with E-state index in [1.807, 2.05) is 12.1 Å². The second kappa shape index (κ2) is 6.50. The van der Waals surface area contributed by atoms with E-state index in [2.05, 4.69) is 48.8 Å². The smallest absolute Gasteiger partial charge is 0.127 e. The molecule has 0 nitrogen and oxygen atoms in total. The minimum Gasteiger partial charge on any atom is -0.207 e. The van der Waals surface area contributed by atoms with Crippen LogP contribution in [0.5, 0.6) is 0 Å². The van der Waals surface area contributed by atoms with E-state index in [0.717, 1.165) is 12.0 Å². The monoisotopic (exact) mass is 368 g/mol. The number of hydrogen-bond acceptors (Lipinski definition) is 0. The van der Waals surface area contributed by atoms with Crippen LogP contribution in [0.15, 0.2) is 42.5 Å². The van der Waals surface area contributed by atoms with Gasteiger partial charge in [0.1, 0.15) is 5.82 Å². The van der Waals surface area contributed by atoms with Crippen LogP contribution in [0.25, 0.3) is 0 Å². The quantitative estimate of drug-likeness (QED) is 0.529. The number of alkyl halides is 1. The fraction of sp³-hybridized carbons (Fsp3) is 0.333. The van der Waals surface area contributed by atoms with Crippen molar-refractivity contribution < 1.29 is 4.39 Å². The molecule has 0 aromatic heterocycles. The summed E-state index contributed by atoms with van der Waals surface area (Å²) >= 11 is 9.54. The maximum atomic E-state index is 13.9. The molecule has 0 spiro atoms. The summed E-state index contributed by atoms with van der Waals surface area (Å²) in [5.41, 5.74) is 3.03. The molecule has 1 atom stereocenters. The summed E-state index contributed by atoms with van der Waals surface area (Å²) in [6.45, 7) is 6.64. The van der Waals surface area contributed by atoms with Gasteiger partial charge in [-0.2, -0.15) is 0 Å². The Hall–Kier alpha value is -0.860. The predicted molar refractivity (Wildman–Crippen MR) is 91.9 cm³/mol. The lowest BCUT2D eigenvalue weighted by atomic mass is 9.82. The van der Waals surface area contributed by atoms with Gasteiger partial charge in [0.2, 0.25) is 0 Å². The van der Waals surface area contributed by atoms with Crippen molar-refractivity contribution in [3.05, 3.63) is 70.0 Å². The van der Waals surface area contributed by atoms with Gasteiger partial charge < -0.3 is 0 Å². The Bertz CT molecular complexity index is 620. The van der Waals surface area contributed by atoms with Gasteiger partial charge in [0, 0.05) is 10.6 Å². The molecular formula is C18H19BrClF. The molecule has 2 aromatic carbocycles. The van der Waals surface area contributed by atoms with Crippen molar-refractivity contribution in [1.82, 2.24) is 0 Å². The number of halogens is 3. The molecule has 0 N–H and O–H groups in total. The summed E-state index contributed by atoms with van der Waals surface area (Å²) in [6.07, 6.45) is 1.08. The molecule has 0 saturated heterocycles. The Morgan fingerprint density at radius 2 is 1.76 bits per heavy atom. The van der Waals surface area contributed by atoms with E-state index < -0.39 is 0 Å². The summed E-state index contributed by atoms with van der Waals surface area (Å²) in [4.78, 5) is -0.199. The van der Waals surface area contributed by atoms with Crippen LogP contribution in [-0.2, 0) is 5.41 Å².